The number of carbonyl (C=O) groups excluding carboxylic acids is 2. The molecule has 0 aromatic carbocycles. The molecule has 1 atom stereocenters. The molecule has 1 saturated heterocycles. The van der Waals surface area contributed by atoms with Crippen LogP contribution in [0.1, 0.15) is 25.5 Å². The Morgan fingerprint density at radius 3 is 3.15 bits per heavy atom. The predicted molar refractivity (Wildman–Crippen MR) is 76.9 cm³/mol. The van der Waals surface area contributed by atoms with Gasteiger partial charge in [0.2, 0.25) is 5.91 Å². The number of carbonyl (C=O) groups is 2. The Morgan fingerprint density at radius 1 is 1.65 bits per heavy atom. The molecule has 0 radical (unpaired) electrons. The number of amides is 1. The molecule has 0 spiro atoms. The van der Waals surface area contributed by atoms with Crippen LogP contribution in [0.25, 0.3) is 0 Å². The minimum Gasteiger partial charge on any atom is -0.469 e. The van der Waals surface area contributed by atoms with Crippen LogP contribution in [0.4, 0.5) is 5.13 Å². The Morgan fingerprint density at radius 2 is 2.45 bits per heavy atom. The first kappa shape index (κ1) is 14.8. The van der Waals surface area contributed by atoms with Gasteiger partial charge in [-0.2, -0.15) is 0 Å². The summed E-state index contributed by atoms with van der Waals surface area (Å²) in [5.41, 5.74) is 0.872. The molecule has 1 aliphatic rings. The highest BCUT2D eigenvalue weighted by Gasteiger charge is 2.29. The highest BCUT2D eigenvalue weighted by Crippen LogP contribution is 2.25. The summed E-state index contributed by atoms with van der Waals surface area (Å²) in [6.45, 7) is 3.41. The molecule has 2 heterocycles. The first-order chi connectivity index (χ1) is 9.65. The molecule has 1 aliphatic heterocycles. The number of hydrogen-bond acceptors (Lipinski definition) is 6. The summed E-state index contributed by atoms with van der Waals surface area (Å²) in [5, 5.41) is 5.67. The minimum atomic E-state index is -0.233. The van der Waals surface area contributed by atoms with E-state index < -0.39 is 0 Å². The molecule has 2 rings (SSSR count). The number of anilines is 1. The lowest BCUT2D eigenvalue weighted by Crippen LogP contribution is -2.55. The van der Waals surface area contributed by atoms with Gasteiger partial charge in [0, 0.05) is 24.9 Å². The lowest BCUT2D eigenvalue weighted by atomic mass is 10.1. The highest BCUT2D eigenvalue weighted by molar-refractivity contribution is 7.13. The molecule has 6 nitrogen and oxygen atoms in total. The van der Waals surface area contributed by atoms with Crippen molar-refractivity contribution in [1.82, 2.24) is 10.3 Å². The molecule has 1 aromatic rings. The number of hydrogen-bond donors (Lipinski definition) is 1. The van der Waals surface area contributed by atoms with E-state index in [1.54, 1.807) is 0 Å². The third-order valence-electron chi connectivity index (χ3n) is 3.32. The number of rotatable bonds is 5. The van der Waals surface area contributed by atoms with Gasteiger partial charge in [0.05, 0.1) is 19.2 Å². The van der Waals surface area contributed by atoms with Crippen molar-refractivity contribution in [3.8, 4) is 0 Å². The fourth-order valence-electron chi connectivity index (χ4n) is 2.22. The first-order valence-electron chi connectivity index (χ1n) is 6.71. The summed E-state index contributed by atoms with van der Waals surface area (Å²) in [7, 11) is 1.38. The average molecular weight is 297 g/mol. The molecule has 1 N–H and O–H groups in total. The number of nitrogens with one attached hydrogen (secondary N) is 1. The Labute approximate surface area is 122 Å². The maximum Gasteiger partial charge on any atom is 0.305 e. The van der Waals surface area contributed by atoms with Gasteiger partial charge in [-0.15, -0.1) is 11.3 Å². The van der Waals surface area contributed by atoms with Crippen LogP contribution >= 0.6 is 11.3 Å². The lowest BCUT2D eigenvalue weighted by Gasteiger charge is -2.34. The maximum atomic E-state index is 11.8. The predicted octanol–water partition coefficient (Wildman–Crippen LogP) is 0.963. The van der Waals surface area contributed by atoms with Gasteiger partial charge in [0.25, 0.3) is 0 Å². The number of nitrogens with zero attached hydrogens (tertiary/aromatic N) is 2. The number of esters is 1. The quantitative estimate of drug-likeness (QED) is 0.820. The van der Waals surface area contributed by atoms with Gasteiger partial charge in [0.15, 0.2) is 5.13 Å². The molecular weight excluding hydrogens is 278 g/mol. The Bertz CT molecular complexity index is 489. The number of aromatic nitrogens is 1. The Balaban J connectivity index is 2.03. The summed E-state index contributed by atoms with van der Waals surface area (Å²) >= 11 is 1.52. The van der Waals surface area contributed by atoms with Crippen LogP contribution in [0.3, 0.4) is 0 Å². The lowest BCUT2D eigenvalue weighted by molar-refractivity contribution is -0.140. The van der Waals surface area contributed by atoms with E-state index in [1.165, 1.54) is 18.4 Å². The van der Waals surface area contributed by atoms with Crippen LogP contribution in [0, 0.1) is 0 Å². The van der Waals surface area contributed by atoms with E-state index >= 15 is 0 Å². The van der Waals surface area contributed by atoms with E-state index in [4.69, 9.17) is 0 Å². The molecule has 20 heavy (non-hydrogen) atoms. The molecule has 0 bridgehead atoms. The zero-order chi connectivity index (χ0) is 14.5. The monoisotopic (exact) mass is 297 g/mol. The van der Waals surface area contributed by atoms with Crippen LogP contribution in [-0.4, -0.2) is 43.1 Å². The summed E-state index contributed by atoms with van der Waals surface area (Å²) < 4.78 is 4.62. The van der Waals surface area contributed by atoms with E-state index in [0.29, 0.717) is 19.4 Å². The van der Waals surface area contributed by atoms with Crippen molar-refractivity contribution in [2.75, 3.05) is 25.1 Å². The average Bonchev–Trinajstić information content (AvgIpc) is 2.93. The third kappa shape index (κ3) is 3.27. The smallest absolute Gasteiger partial charge is 0.305 e. The molecule has 0 aliphatic carbocycles. The van der Waals surface area contributed by atoms with Gasteiger partial charge >= 0.3 is 5.97 Å². The van der Waals surface area contributed by atoms with E-state index in [9.17, 15) is 9.59 Å². The normalized spacial score (nSPS) is 18.8. The maximum absolute atomic E-state index is 11.8. The standard InChI is InChI=1S/C13H19N3O3S/c1-3-10-12(18)14-6-7-16(10)13-15-9(8-20-13)4-5-11(17)19-2/h8,10H,3-7H2,1-2H3,(H,14,18). The van der Waals surface area contributed by atoms with Crippen molar-refractivity contribution in [3.63, 3.8) is 0 Å². The fourth-order valence-corrected chi connectivity index (χ4v) is 3.16. The van der Waals surface area contributed by atoms with Crippen LogP contribution < -0.4 is 10.2 Å². The van der Waals surface area contributed by atoms with Gasteiger partial charge in [-0.05, 0) is 6.42 Å². The second-order valence-electron chi connectivity index (χ2n) is 4.61. The SMILES string of the molecule is CCC1C(=O)NCCN1c1nc(CCC(=O)OC)cs1. The van der Waals surface area contributed by atoms with Gasteiger partial charge < -0.3 is 15.0 Å². The van der Waals surface area contributed by atoms with Gasteiger partial charge in [-0.1, -0.05) is 6.92 Å². The van der Waals surface area contributed by atoms with Crippen molar-refractivity contribution >= 4 is 28.3 Å². The molecule has 1 unspecified atom stereocenters. The molecular formula is C13H19N3O3S. The van der Waals surface area contributed by atoms with Crippen LogP contribution in [0.15, 0.2) is 5.38 Å². The second-order valence-corrected chi connectivity index (χ2v) is 5.44. The van der Waals surface area contributed by atoms with E-state index in [1.807, 2.05) is 17.2 Å². The number of aryl methyl sites for hydroxylation is 1. The van der Waals surface area contributed by atoms with E-state index in [2.05, 4.69) is 15.0 Å². The number of thiazole rings is 1. The second kappa shape index (κ2) is 6.69. The summed E-state index contributed by atoms with van der Waals surface area (Å²) in [6.07, 6.45) is 1.65. The molecule has 7 heteroatoms. The number of ether oxygens (including phenoxy) is 1. The first-order valence-corrected chi connectivity index (χ1v) is 7.59. The van der Waals surface area contributed by atoms with Crippen LogP contribution in [0.5, 0.6) is 0 Å². The van der Waals surface area contributed by atoms with Crippen molar-refractivity contribution in [3.05, 3.63) is 11.1 Å². The van der Waals surface area contributed by atoms with Crippen molar-refractivity contribution in [2.24, 2.45) is 0 Å². The van der Waals surface area contributed by atoms with Crippen LogP contribution in [0.2, 0.25) is 0 Å². The molecule has 110 valence electrons. The van der Waals surface area contributed by atoms with Crippen LogP contribution in [-0.2, 0) is 20.7 Å². The molecule has 1 fully saturated rings. The Kier molecular flexibility index (Phi) is 4.94. The van der Waals surface area contributed by atoms with Gasteiger partial charge in [-0.3, -0.25) is 9.59 Å². The minimum absolute atomic E-state index is 0.0602. The largest absolute Gasteiger partial charge is 0.469 e. The van der Waals surface area contributed by atoms with E-state index in [-0.39, 0.29) is 17.9 Å². The number of piperazine rings is 1. The van der Waals surface area contributed by atoms with Gasteiger partial charge in [0.1, 0.15) is 6.04 Å². The molecule has 1 aromatic heterocycles. The summed E-state index contributed by atoms with van der Waals surface area (Å²) in [5.74, 6) is -0.173. The Hall–Kier alpha value is -1.63. The fraction of sp³-hybridized carbons (Fsp3) is 0.615. The zero-order valence-electron chi connectivity index (χ0n) is 11.7. The summed E-state index contributed by atoms with van der Waals surface area (Å²) in [6, 6.07) is -0.150. The van der Waals surface area contributed by atoms with E-state index in [0.717, 1.165) is 23.8 Å². The van der Waals surface area contributed by atoms with Crippen molar-refractivity contribution < 1.29 is 14.3 Å². The number of methoxy groups -OCH3 is 1. The molecule has 1 amide bonds. The van der Waals surface area contributed by atoms with Gasteiger partial charge in [-0.25, -0.2) is 4.98 Å². The topological polar surface area (TPSA) is 71.5 Å². The summed E-state index contributed by atoms with van der Waals surface area (Å²) in [4.78, 5) is 29.5. The third-order valence-corrected chi connectivity index (χ3v) is 4.24. The zero-order valence-corrected chi connectivity index (χ0v) is 12.5. The van der Waals surface area contributed by atoms with Crippen molar-refractivity contribution in [2.45, 2.75) is 32.2 Å². The molecule has 0 saturated carbocycles. The van der Waals surface area contributed by atoms with Crippen molar-refractivity contribution in [1.29, 1.82) is 0 Å². The highest BCUT2D eigenvalue weighted by atomic mass is 32.1.